The first-order valence-electron chi connectivity index (χ1n) is 18.5. The fraction of sp³-hybridized carbons (Fsp3) is 0.714. The Labute approximate surface area is 322 Å². The Morgan fingerprint density at radius 3 is 1.22 bits per heavy atom. The van der Waals surface area contributed by atoms with E-state index in [0.29, 0.717) is 19.5 Å². The number of urea groups is 4. The van der Waals surface area contributed by atoms with Crippen molar-refractivity contribution in [2.75, 3.05) is 52.4 Å². The zero-order chi connectivity index (χ0) is 42.1. The molecule has 0 spiro atoms. The lowest BCUT2D eigenvalue weighted by Gasteiger charge is -2.19. The van der Waals surface area contributed by atoms with E-state index < -0.39 is 11.9 Å². The summed E-state index contributed by atoms with van der Waals surface area (Å²) >= 11 is 0. The lowest BCUT2D eigenvalue weighted by Crippen LogP contribution is -2.40. The fourth-order valence-electron chi connectivity index (χ4n) is 5.63. The van der Waals surface area contributed by atoms with Gasteiger partial charge < -0.3 is 31.1 Å². The largest absolute Gasteiger partial charge is 0.368 e. The highest BCUT2D eigenvalue weighted by Crippen LogP contribution is 2.31. The average Bonchev–Trinajstić information content (AvgIpc) is 3.66. The lowest BCUT2D eigenvalue weighted by molar-refractivity contribution is -0.129. The first kappa shape index (κ1) is 46.0. The lowest BCUT2D eigenvalue weighted by atomic mass is 10.3. The molecule has 4 saturated heterocycles. The van der Waals surface area contributed by atoms with Gasteiger partial charge >= 0.3 is 24.1 Å². The van der Waals surface area contributed by atoms with Crippen LogP contribution in [-0.4, -0.2) is 181 Å². The van der Waals surface area contributed by atoms with E-state index in [1.807, 2.05) is 41.5 Å². The van der Waals surface area contributed by atoms with Crippen molar-refractivity contribution in [1.29, 1.82) is 0 Å². The summed E-state index contributed by atoms with van der Waals surface area (Å²) in [5.74, 6) is -1.61. The predicted octanol–water partition coefficient (Wildman–Crippen LogP) is 0.222. The summed E-state index contributed by atoms with van der Waals surface area (Å²) in [7, 11) is 0. The zero-order valence-electron chi connectivity index (χ0n) is 33.5. The van der Waals surface area contributed by atoms with Crippen molar-refractivity contribution in [2.45, 2.75) is 112 Å². The van der Waals surface area contributed by atoms with Crippen molar-refractivity contribution in [3.8, 4) is 0 Å². The maximum absolute atomic E-state index is 11.7. The van der Waals surface area contributed by atoms with E-state index in [1.54, 1.807) is 25.7 Å². The van der Waals surface area contributed by atoms with Gasteiger partial charge in [0.1, 0.15) is 32.7 Å². The number of carbonyl (C=O) groups is 10. The molecule has 55 heavy (non-hydrogen) atoms. The number of primary amides is 1. The minimum atomic E-state index is -0.683. The molecule has 0 unspecified atom stereocenters. The van der Waals surface area contributed by atoms with Gasteiger partial charge in [-0.1, -0.05) is 6.92 Å². The van der Waals surface area contributed by atoms with Crippen LogP contribution in [0.1, 0.15) is 81.6 Å². The number of rotatable bonds is 12. The molecular formula is C35H58N10O10. The van der Waals surface area contributed by atoms with E-state index in [4.69, 9.17) is 11.5 Å². The standard InChI is InChI=1S/C10H16N2O3.C9H14N2O2.C8H13N3O3.C8H15N3O2/c1-4-8(13)5-12-9(14)6-11(7(2)3)10(12)15;1-6(2)10-5-8(12)11(9(10)13)7-3-4-7;1-5(2)10-4-7(13)11(8(10)14)3-6(9)12;1-6(2)11-5-7(12)10(4-3-9)8(11)13/h7H,4-6H2,1-3H3;6-7H,3-5H2,1-2H3;5H,3-4H2,1-2H3,(H2,9,12);6H,3-5,9H2,1-2H3. The number of hydrogen-bond donors (Lipinski definition) is 2. The average molecular weight is 779 g/mol. The molecule has 1 saturated carbocycles. The Balaban J connectivity index is 0.000000254. The van der Waals surface area contributed by atoms with Crippen LogP contribution in [0.25, 0.3) is 0 Å². The summed E-state index contributed by atoms with van der Waals surface area (Å²) in [6.45, 7) is 17.5. The number of Topliss-reactive ketones (excluding diaryl/α,β-unsaturated/α-hetero) is 1. The van der Waals surface area contributed by atoms with Crippen LogP contribution in [-0.2, 0) is 28.8 Å². The van der Waals surface area contributed by atoms with Gasteiger partial charge in [-0.15, -0.1) is 0 Å². The van der Waals surface area contributed by atoms with Crippen LogP contribution in [0.4, 0.5) is 19.2 Å². The SMILES string of the molecule is CC(C)N1CC(=O)N(C2CC2)C1=O.CC(C)N1CC(=O)N(CC(N)=O)C1=O.CC(C)N1CC(=O)N(CCN)C1=O.CCC(=O)CN1C(=O)CN(C(C)C)C1=O. The van der Waals surface area contributed by atoms with Gasteiger partial charge in [0.05, 0.1) is 6.54 Å². The molecule has 4 heterocycles. The summed E-state index contributed by atoms with van der Waals surface area (Å²) in [6.07, 6.45) is 2.32. The highest BCUT2D eigenvalue weighted by molar-refractivity contribution is 6.06. The van der Waals surface area contributed by atoms with Gasteiger partial charge in [0, 0.05) is 49.7 Å². The summed E-state index contributed by atoms with van der Waals surface area (Å²) in [5.41, 5.74) is 10.2. The molecular weight excluding hydrogens is 720 g/mol. The number of imide groups is 4. The van der Waals surface area contributed by atoms with Crippen LogP contribution < -0.4 is 11.5 Å². The van der Waals surface area contributed by atoms with Crippen LogP contribution >= 0.6 is 0 Å². The predicted molar refractivity (Wildman–Crippen MR) is 198 cm³/mol. The molecule has 0 aromatic carbocycles. The van der Waals surface area contributed by atoms with Gasteiger partial charge in [-0.05, 0) is 68.2 Å². The molecule has 4 aliphatic heterocycles. The summed E-state index contributed by atoms with van der Waals surface area (Å²) in [6, 6.07) is -0.760. The van der Waals surface area contributed by atoms with Crippen molar-refractivity contribution in [3.05, 3.63) is 0 Å². The molecule has 0 bridgehead atoms. The smallest absolute Gasteiger partial charge is 0.327 e. The summed E-state index contributed by atoms with van der Waals surface area (Å²) in [5, 5.41) is 0. The second-order valence-electron chi connectivity index (χ2n) is 14.7. The monoisotopic (exact) mass is 778 g/mol. The minimum absolute atomic E-state index is 0.0109. The Morgan fingerprint density at radius 2 is 0.909 bits per heavy atom. The van der Waals surface area contributed by atoms with Crippen LogP contribution in [0.15, 0.2) is 0 Å². The first-order chi connectivity index (χ1) is 25.6. The highest BCUT2D eigenvalue weighted by atomic mass is 16.2. The van der Waals surface area contributed by atoms with E-state index in [9.17, 15) is 47.9 Å². The Morgan fingerprint density at radius 1 is 0.564 bits per heavy atom. The van der Waals surface area contributed by atoms with Crippen molar-refractivity contribution < 1.29 is 47.9 Å². The number of nitrogens with zero attached hydrogens (tertiary/aromatic N) is 8. The van der Waals surface area contributed by atoms with Crippen molar-refractivity contribution in [3.63, 3.8) is 0 Å². The summed E-state index contributed by atoms with van der Waals surface area (Å²) < 4.78 is 0. The van der Waals surface area contributed by atoms with Crippen LogP contribution in [0.2, 0.25) is 0 Å². The quantitative estimate of drug-likeness (QED) is 0.254. The molecule has 20 heteroatoms. The third kappa shape index (κ3) is 11.9. The van der Waals surface area contributed by atoms with E-state index in [-0.39, 0.29) is 117 Å². The van der Waals surface area contributed by atoms with Crippen molar-refractivity contribution in [2.24, 2.45) is 11.5 Å². The molecule has 4 N–H and O–H groups in total. The number of amides is 13. The normalized spacial score (nSPS) is 18.7. The third-order valence-corrected chi connectivity index (χ3v) is 9.08. The van der Waals surface area contributed by atoms with Gasteiger partial charge in [0.15, 0.2) is 5.78 Å². The molecule has 13 amide bonds. The molecule has 5 rings (SSSR count). The Bertz CT molecular complexity index is 1510. The maximum atomic E-state index is 11.7. The van der Waals surface area contributed by atoms with Gasteiger partial charge in [0.25, 0.3) is 17.7 Å². The highest BCUT2D eigenvalue weighted by Gasteiger charge is 2.45. The Hall–Kier alpha value is -5.14. The fourth-order valence-corrected chi connectivity index (χ4v) is 5.63. The topological polar surface area (TPSA) is 249 Å². The summed E-state index contributed by atoms with van der Waals surface area (Å²) in [4.78, 5) is 124. The molecule has 308 valence electrons. The first-order valence-corrected chi connectivity index (χ1v) is 18.5. The van der Waals surface area contributed by atoms with Crippen molar-refractivity contribution >= 4 is 59.4 Å². The van der Waals surface area contributed by atoms with E-state index >= 15 is 0 Å². The molecule has 5 aliphatic rings. The van der Waals surface area contributed by atoms with Gasteiger partial charge in [-0.2, -0.15) is 0 Å². The Kier molecular flexibility index (Phi) is 16.7. The number of nitrogens with two attached hydrogens (primary N) is 2. The van der Waals surface area contributed by atoms with E-state index in [2.05, 4.69) is 0 Å². The van der Waals surface area contributed by atoms with Crippen LogP contribution in [0.5, 0.6) is 0 Å². The van der Waals surface area contributed by atoms with Crippen LogP contribution in [0.3, 0.4) is 0 Å². The molecule has 0 radical (unpaired) electrons. The second-order valence-corrected chi connectivity index (χ2v) is 14.7. The number of ketones is 1. The van der Waals surface area contributed by atoms with Gasteiger partial charge in [-0.25, -0.2) is 19.2 Å². The molecule has 20 nitrogen and oxygen atoms in total. The number of hydrogen-bond acceptors (Lipinski definition) is 11. The van der Waals surface area contributed by atoms with Gasteiger partial charge in [-0.3, -0.25) is 48.4 Å². The zero-order valence-corrected chi connectivity index (χ0v) is 33.5. The molecule has 0 aromatic heterocycles. The van der Waals surface area contributed by atoms with Crippen molar-refractivity contribution in [1.82, 2.24) is 39.2 Å². The third-order valence-electron chi connectivity index (χ3n) is 9.08. The van der Waals surface area contributed by atoms with Crippen LogP contribution in [0, 0.1) is 0 Å². The molecule has 0 aromatic rings. The second kappa shape index (κ2) is 20.0. The molecule has 5 fully saturated rings. The molecule has 0 atom stereocenters. The van der Waals surface area contributed by atoms with Gasteiger partial charge in [0.2, 0.25) is 11.8 Å². The maximum Gasteiger partial charge on any atom is 0.327 e. The van der Waals surface area contributed by atoms with E-state index in [0.717, 1.165) is 22.6 Å². The number of carbonyl (C=O) groups excluding carboxylic acids is 10. The minimum Gasteiger partial charge on any atom is -0.368 e. The molecule has 1 aliphatic carbocycles. The van der Waals surface area contributed by atoms with E-state index in [1.165, 1.54) is 24.5 Å².